The number of alkyl halides is 3. The van der Waals surface area contributed by atoms with Crippen molar-refractivity contribution >= 4 is 23.4 Å². The summed E-state index contributed by atoms with van der Waals surface area (Å²) < 4.78 is 35.9. The van der Waals surface area contributed by atoms with Crippen LogP contribution in [-0.4, -0.2) is 35.2 Å². The molecular weight excluding hydrogens is 303 g/mol. The number of nitrogens with zero attached hydrogens (tertiary/aromatic N) is 1. The largest absolute Gasteiger partial charge is 0.441 e. The number of nitrogens with one attached hydrogen (secondary N) is 2. The van der Waals surface area contributed by atoms with Crippen LogP contribution in [0.2, 0.25) is 0 Å². The fourth-order valence-corrected chi connectivity index (χ4v) is 2.01. The minimum absolute atomic E-state index is 0.0515. The molecule has 0 radical (unpaired) electrons. The van der Waals surface area contributed by atoms with Gasteiger partial charge in [0.1, 0.15) is 0 Å². The van der Waals surface area contributed by atoms with E-state index in [1.54, 1.807) is 13.0 Å². The van der Waals surface area contributed by atoms with E-state index in [9.17, 15) is 18.0 Å². The van der Waals surface area contributed by atoms with Gasteiger partial charge in [0, 0.05) is 30.7 Å². The minimum atomic E-state index is -4.27. The molecule has 0 unspecified atom stereocenters. The van der Waals surface area contributed by atoms with Gasteiger partial charge in [-0.1, -0.05) is 6.92 Å². The van der Waals surface area contributed by atoms with Crippen LogP contribution in [0.15, 0.2) is 12.3 Å². The van der Waals surface area contributed by atoms with Gasteiger partial charge in [-0.2, -0.15) is 13.2 Å². The number of amides is 1. The molecule has 1 aromatic heterocycles. The van der Waals surface area contributed by atoms with E-state index in [4.69, 9.17) is 0 Å². The van der Waals surface area contributed by atoms with Gasteiger partial charge in [-0.3, -0.25) is 9.78 Å². The Bertz CT molecular complexity index is 480. The molecule has 0 saturated carbocycles. The summed E-state index contributed by atoms with van der Waals surface area (Å²) in [4.78, 5) is 16.0. The summed E-state index contributed by atoms with van der Waals surface area (Å²) in [6.07, 6.45) is 2.32. The molecular formula is C13H18F3N3OS. The van der Waals surface area contributed by atoms with Crippen LogP contribution in [0.1, 0.15) is 29.4 Å². The Morgan fingerprint density at radius 3 is 2.71 bits per heavy atom. The summed E-state index contributed by atoms with van der Waals surface area (Å²) in [5, 5.41) is 5.58. The quantitative estimate of drug-likeness (QED) is 0.757. The number of pyridine rings is 1. The molecule has 118 valence electrons. The summed E-state index contributed by atoms with van der Waals surface area (Å²) >= 11 is -0.155. The average molecular weight is 321 g/mol. The van der Waals surface area contributed by atoms with Gasteiger partial charge in [0.2, 0.25) is 0 Å². The molecule has 8 heteroatoms. The first kappa shape index (κ1) is 17.6. The topological polar surface area (TPSA) is 54.0 Å². The third kappa shape index (κ3) is 6.70. The van der Waals surface area contributed by atoms with E-state index in [1.165, 1.54) is 6.20 Å². The normalized spacial score (nSPS) is 11.3. The van der Waals surface area contributed by atoms with Gasteiger partial charge in [-0.05, 0) is 31.2 Å². The van der Waals surface area contributed by atoms with Gasteiger partial charge in [-0.15, -0.1) is 0 Å². The van der Waals surface area contributed by atoms with Crippen LogP contribution in [0.25, 0.3) is 0 Å². The van der Waals surface area contributed by atoms with Crippen LogP contribution in [0.4, 0.5) is 18.9 Å². The molecule has 1 rings (SSSR count). The van der Waals surface area contributed by atoms with Crippen molar-refractivity contribution in [3.63, 3.8) is 0 Å². The molecule has 4 nitrogen and oxygen atoms in total. The highest BCUT2D eigenvalue weighted by Gasteiger charge is 2.27. The molecule has 0 bridgehead atoms. The molecule has 0 aliphatic carbocycles. The van der Waals surface area contributed by atoms with Crippen molar-refractivity contribution in [1.82, 2.24) is 10.3 Å². The third-order valence-corrected chi connectivity index (χ3v) is 3.24. The van der Waals surface area contributed by atoms with Gasteiger partial charge in [0.25, 0.3) is 5.91 Å². The highest BCUT2D eigenvalue weighted by atomic mass is 32.2. The Hall–Kier alpha value is -1.44. The lowest BCUT2D eigenvalue weighted by Crippen LogP contribution is -2.27. The lowest BCUT2D eigenvalue weighted by atomic mass is 10.2. The average Bonchev–Trinajstić information content (AvgIpc) is 2.40. The number of aryl methyl sites for hydroxylation is 1. The number of carbonyl (C=O) groups is 1. The van der Waals surface area contributed by atoms with E-state index in [1.807, 2.05) is 6.92 Å². The Balaban J connectivity index is 2.60. The first-order valence-corrected chi connectivity index (χ1v) is 7.51. The predicted octanol–water partition coefficient (Wildman–Crippen LogP) is 3.19. The molecule has 0 atom stereocenters. The number of halogens is 3. The molecule has 2 N–H and O–H groups in total. The van der Waals surface area contributed by atoms with E-state index in [2.05, 4.69) is 15.6 Å². The maximum absolute atomic E-state index is 12.0. The van der Waals surface area contributed by atoms with Crippen molar-refractivity contribution in [2.75, 3.05) is 24.2 Å². The monoisotopic (exact) mass is 321 g/mol. The number of hydrogen-bond acceptors (Lipinski definition) is 4. The first-order chi connectivity index (χ1) is 9.83. The summed E-state index contributed by atoms with van der Waals surface area (Å²) in [5.74, 6) is -0.643. The summed E-state index contributed by atoms with van der Waals surface area (Å²) in [6, 6.07) is 1.75. The van der Waals surface area contributed by atoms with Crippen LogP contribution in [0, 0.1) is 6.92 Å². The number of rotatable bonds is 7. The second-order valence-corrected chi connectivity index (χ2v) is 5.51. The van der Waals surface area contributed by atoms with E-state index in [0.717, 1.165) is 12.1 Å². The second-order valence-electron chi connectivity index (χ2n) is 4.35. The Morgan fingerprint density at radius 1 is 1.38 bits per heavy atom. The summed E-state index contributed by atoms with van der Waals surface area (Å²) in [7, 11) is 0. The van der Waals surface area contributed by atoms with Crippen molar-refractivity contribution in [3.8, 4) is 0 Å². The predicted molar refractivity (Wildman–Crippen MR) is 78.6 cm³/mol. The molecule has 0 aromatic carbocycles. The van der Waals surface area contributed by atoms with Gasteiger partial charge >= 0.3 is 5.51 Å². The molecule has 1 amide bonds. The number of carbonyl (C=O) groups excluding carboxylic acids is 1. The lowest BCUT2D eigenvalue weighted by Gasteiger charge is -2.12. The Labute approximate surface area is 125 Å². The van der Waals surface area contributed by atoms with Crippen LogP contribution >= 0.6 is 11.8 Å². The zero-order chi connectivity index (χ0) is 15.9. The maximum atomic E-state index is 12.0. The highest BCUT2D eigenvalue weighted by molar-refractivity contribution is 8.00. The van der Waals surface area contributed by atoms with E-state index >= 15 is 0 Å². The van der Waals surface area contributed by atoms with Gasteiger partial charge in [0.15, 0.2) is 0 Å². The van der Waals surface area contributed by atoms with Crippen molar-refractivity contribution in [1.29, 1.82) is 0 Å². The van der Waals surface area contributed by atoms with E-state index in [0.29, 0.717) is 17.8 Å². The fourth-order valence-electron chi connectivity index (χ4n) is 1.57. The maximum Gasteiger partial charge on any atom is 0.441 e. The molecule has 0 saturated heterocycles. The van der Waals surface area contributed by atoms with Crippen molar-refractivity contribution in [2.24, 2.45) is 0 Å². The fraction of sp³-hybridized carbons (Fsp3) is 0.538. The van der Waals surface area contributed by atoms with Crippen molar-refractivity contribution in [2.45, 2.75) is 25.8 Å². The number of thioether (sulfide) groups is 1. The zero-order valence-electron chi connectivity index (χ0n) is 11.9. The Morgan fingerprint density at radius 2 is 2.10 bits per heavy atom. The van der Waals surface area contributed by atoms with E-state index in [-0.39, 0.29) is 24.1 Å². The smallest absolute Gasteiger partial charge is 0.384 e. The molecule has 0 spiro atoms. The molecule has 1 heterocycles. The standard InChI is InChI=1S/C13H18F3N3OS/c1-3-4-17-11-7-9(2)19-8-10(11)12(20)18-5-6-21-13(14,15)16/h7-8H,3-6H2,1-2H3,(H,17,19)(H,18,20). The van der Waals surface area contributed by atoms with Crippen LogP contribution < -0.4 is 10.6 Å². The molecule has 0 aliphatic rings. The second kappa shape index (κ2) is 8.11. The van der Waals surface area contributed by atoms with E-state index < -0.39 is 11.4 Å². The summed E-state index contributed by atoms with van der Waals surface area (Å²) in [6.45, 7) is 4.45. The first-order valence-electron chi connectivity index (χ1n) is 6.53. The molecule has 0 aliphatic heterocycles. The van der Waals surface area contributed by atoms with Crippen LogP contribution in [-0.2, 0) is 0 Å². The van der Waals surface area contributed by atoms with Gasteiger partial charge in [0.05, 0.1) is 11.3 Å². The third-order valence-electron chi connectivity index (χ3n) is 2.50. The summed E-state index contributed by atoms with van der Waals surface area (Å²) in [5.41, 5.74) is -2.53. The highest BCUT2D eigenvalue weighted by Crippen LogP contribution is 2.29. The van der Waals surface area contributed by atoms with Crippen molar-refractivity contribution in [3.05, 3.63) is 23.5 Å². The van der Waals surface area contributed by atoms with Gasteiger partial charge in [-0.25, -0.2) is 0 Å². The van der Waals surface area contributed by atoms with Gasteiger partial charge < -0.3 is 10.6 Å². The van der Waals surface area contributed by atoms with Crippen LogP contribution in [0.5, 0.6) is 0 Å². The zero-order valence-corrected chi connectivity index (χ0v) is 12.7. The number of anilines is 1. The molecule has 1 aromatic rings. The van der Waals surface area contributed by atoms with Crippen LogP contribution in [0.3, 0.4) is 0 Å². The minimum Gasteiger partial charge on any atom is -0.384 e. The molecule has 0 fully saturated rings. The number of aromatic nitrogens is 1. The molecule has 21 heavy (non-hydrogen) atoms. The number of hydrogen-bond donors (Lipinski definition) is 2. The lowest BCUT2D eigenvalue weighted by molar-refractivity contribution is -0.0327. The SMILES string of the molecule is CCCNc1cc(C)ncc1C(=O)NCCSC(F)(F)F. The Kier molecular flexibility index (Phi) is 6.80. The van der Waals surface area contributed by atoms with Crippen molar-refractivity contribution < 1.29 is 18.0 Å².